The van der Waals surface area contributed by atoms with Gasteiger partial charge in [-0.15, -0.1) is 0 Å². The molecule has 1 saturated heterocycles. The van der Waals surface area contributed by atoms with Crippen LogP contribution in [0.15, 0.2) is 64.1 Å². The Morgan fingerprint density at radius 3 is 2.80 bits per heavy atom. The van der Waals surface area contributed by atoms with Crippen molar-refractivity contribution < 1.29 is 9.21 Å². The lowest BCUT2D eigenvalue weighted by atomic mass is 10.2. The van der Waals surface area contributed by atoms with Gasteiger partial charge in [-0.05, 0) is 37.1 Å². The van der Waals surface area contributed by atoms with Crippen molar-refractivity contribution in [2.24, 2.45) is 0 Å². The van der Waals surface area contributed by atoms with E-state index in [2.05, 4.69) is 20.2 Å². The van der Waals surface area contributed by atoms with E-state index in [4.69, 9.17) is 4.42 Å². The first-order chi connectivity index (χ1) is 14.7. The van der Waals surface area contributed by atoms with Crippen LogP contribution in [0.5, 0.6) is 0 Å². The molecule has 4 aromatic rings. The van der Waals surface area contributed by atoms with E-state index in [0.29, 0.717) is 23.5 Å². The summed E-state index contributed by atoms with van der Waals surface area (Å²) in [4.78, 5) is 36.0. The van der Waals surface area contributed by atoms with Crippen LogP contribution in [-0.4, -0.2) is 39.6 Å². The fourth-order valence-electron chi connectivity index (χ4n) is 3.94. The molecule has 1 atom stereocenters. The van der Waals surface area contributed by atoms with E-state index >= 15 is 0 Å². The molecule has 8 nitrogen and oxygen atoms in total. The molecule has 1 aliphatic rings. The van der Waals surface area contributed by atoms with Crippen molar-refractivity contribution in [3.63, 3.8) is 0 Å². The van der Waals surface area contributed by atoms with Crippen molar-refractivity contribution in [2.75, 3.05) is 18.0 Å². The highest BCUT2D eigenvalue weighted by atomic mass is 16.4. The van der Waals surface area contributed by atoms with Crippen LogP contribution < -0.4 is 15.8 Å². The minimum atomic E-state index is -0.224. The Bertz CT molecular complexity index is 1250. The molecule has 30 heavy (non-hydrogen) atoms. The van der Waals surface area contributed by atoms with Gasteiger partial charge in [0.25, 0.3) is 11.6 Å². The van der Waals surface area contributed by atoms with Gasteiger partial charge in [0.2, 0.25) is 5.91 Å². The number of aromatic nitrogens is 3. The number of amides is 1. The number of fused-ring (bicyclic) bond motifs is 2. The van der Waals surface area contributed by atoms with Crippen molar-refractivity contribution in [1.29, 1.82) is 0 Å². The Morgan fingerprint density at radius 2 is 1.93 bits per heavy atom. The molecule has 1 N–H and O–H groups in total. The van der Waals surface area contributed by atoms with Crippen LogP contribution in [-0.2, 0) is 11.3 Å². The van der Waals surface area contributed by atoms with Crippen LogP contribution in [0.1, 0.15) is 12.8 Å². The Morgan fingerprint density at radius 1 is 1.13 bits per heavy atom. The second-order valence-electron chi connectivity index (χ2n) is 7.45. The minimum absolute atomic E-state index is 0.0632. The van der Waals surface area contributed by atoms with Crippen molar-refractivity contribution in [3.8, 4) is 0 Å². The largest absolute Gasteiger partial charge is 0.423 e. The monoisotopic (exact) mass is 403 g/mol. The average Bonchev–Trinajstić information content (AvgIpc) is 3.41. The number of hydrogen-bond acceptors (Lipinski definition) is 6. The van der Waals surface area contributed by atoms with Gasteiger partial charge in [-0.1, -0.05) is 24.3 Å². The molecule has 0 spiro atoms. The van der Waals surface area contributed by atoms with Crippen LogP contribution in [0, 0.1) is 0 Å². The molecular formula is C22H21N5O3. The number of hydrogen-bond donors (Lipinski definition) is 1. The predicted molar refractivity (Wildman–Crippen MR) is 113 cm³/mol. The van der Waals surface area contributed by atoms with Crippen LogP contribution in [0.4, 0.5) is 6.01 Å². The van der Waals surface area contributed by atoms with E-state index in [0.717, 1.165) is 30.5 Å². The number of nitrogens with zero attached hydrogens (tertiary/aromatic N) is 4. The Balaban J connectivity index is 1.26. The Hall–Kier alpha value is -3.68. The number of rotatable bonds is 5. The van der Waals surface area contributed by atoms with Gasteiger partial charge in [0.15, 0.2) is 5.58 Å². The summed E-state index contributed by atoms with van der Waals surface area (Å²) in [6.07, 6.45) is 3.37. The molecule has 3 heterocycles. The van der Waals surface area contributed by atoms with Gasteiger partial charge in [0.1, 0.15) is 12.1 Å². The first kappa shape index (κ1) is 18.4. The summed E-state index contributed by atoms with van der Waals surface area (Å²) in [5, 5.41) is 3.45. The van der Waals surface area contributed by atoms with Crippen molar-refractivity contribution in [2.45, 2.75) is 25.4 Å². The summed E-state index contributed by atoms with van der Waals surface area (Å²) in [5.41, 5.74) is 1.99. The first-order valence-electron chi connectivity index (χ1n) is 10.0. The maximum absolute atomic E-state index is 12.6. The Kier molecular flexibility index (Phi) is 4.66. The third-order valence-corrected chi connectivity index (χ3v) is 5.49. The fourth-order valence-corrected chi connectivity index (χ4v) is 3.94. The number of oxazole rings is 1. The summed E-state index contributed by atoms with van der Waals surface area (Å²) in [6, 6.07) is 15.5. The summed E-state index contributed by atoms with van der Waals surface area (Å²) in [7, 11) is 0. The van der Waals surface area contributed by atoms with Gasteiger partial charge in [-0.25, -0.2) is 4.98 Å². The lowest BCUT2D eigenvalue weighted by molar-refractivity contribution is -0.121. The van der Waals surface area contributed by atoms with Gasteiger partial charge < -0.3 is 14.6 Å². The van der Waals surface area contributed by atoms with Crippen molar-refractivity contribution >= 4 is 33.9 Å². The quantitative estimate of drug-likeness (QED) is 0.550. The molecule has 1 fully saturated rings. The lowest BCUT2D eigenvalue weighted by Crippen LogP contribution is -2.42. The highest BCUT2D eigenvalue weighted by molar-refractivity contribution is 5.79. The van der Waals surface area contributed by atoms with Gasteiger partial charge >= 0.3 is 0 Å². The molecule has 0 saturated carbocycles. The highest BCUT2D eigenvalue weighted by Gasteiger charge is 2.28. The second-order valence-corrected chi connectivity index (χ2v) is 7.45. The SMILES string of the molecule is O=C(Cn1cnc2ccccc2c1=O)NC[C@@H]1CCCN1c1nc2ccccc2o1. The van der Waals surface area contributed by atoms with E-state index in [1.165, 1.54) is 10.9 Å². The fraction of sp³-hybridized carbons (Fsp3) is 0.273. The molecule has 8 heteroatoms. The number of nitrogens with one attached hydrogen (secondary N) is 1. The standard InChI is InChI=1S/C22H21N5O3/c28-20(13-26-14-24-17-8-2-1-7-16(17)21(26)29)23-12-15-6-5-11-27(15)22-25-18-9-3-4-10-19(18)30-22/h1-4,7-10,14-15H,5-6,11-13H2,(H,23,28)/t15-/m0/s1. The third-order valence-electron chi connectivity index (χ3n) is 5.49. The molecule has 5 rings (SSSR count). The Labute approximate surface area is 172 Å². The molecule has 1 amide bonds. The molecule has 0 radical (unpaired) electrons. The topological polar surface area (TPSA) is 93.3 Å². The number of anilines is 1. The molecule has 2 aromatic carbocycles. The van der Waals surface area contributed by atoms with E-state index in [9.17, 15) is 9.59 Å². The van der Waals surface area contributed by atoms with E-state index in [1.807, 2.05) is 30.3 Å². The van der Waals surface area contributed by atoms with E-state index < -0.39 is 0 Å². The average molecular weight is 403 g/mol. The zero-order chi connectivity index (χ0) is 20.5. The van der Waals surface area contributed by atoms with Gasteiger partial charge in [0, 0.05) is 13.1 Å². The summed E-state index contributed by atoms with van der Waals surface area (Å²) >= 11 is 0. The number of carbonyl (C=O) groups is 1. The van der Waals surface area contributed by atoms with Gasteiger partial charge in [0.05, 0.1) is 23.3 Å². The van der Waals surface area contributed by atoms with E-state index in [-0.39, 0.29) is 24.1 Å². The zero-order valence-electron chi connectivity index (χ0n) is 16.3. The van der Waals surface area contributed by atoms with Gasteiger partial charge in [-0.2, -0.15) is 4.98 Å². The summed E-state index contributed by atoms with van der Waals surface area (Å²) < 4.78 is 7.23. The molecular weight excluding hydrogens is 382 g/mol. The first-order valence-corrected chi connectivity index (χ1v) is 10.0. The van der Waals surface area contributed by atoms with Crippen molar-refractivity contribution in [1.82, 2.24) is 19.9 Å². The van der Waals surface area contributed by atoms with Crippen LogP contribution >= 0.6 is 0 Å². The molecule has 152 valence electrons. The smallest absolute Gasteiger partial charge is 0.298 e. The lowest BCUT2D eigenvalue weighted by Gasteiger charge is -2.23. The molecule has 0 bridgehead atoms. The van der Waals surface area contributed by atoms with Crippen LogP contribution in [0.25, 0.3) is 22.0 Å². The molecule has 1 aliphatic heterocycles. The third kappa shape index (κ3) is 3.41. The normalized spacial score (nSPS) is 16.4. The molecule has 0 aliphatic carbocycles. The maximum Gasteiger partial charge on any atom is 0.298 e. The minimum Gasteiger partial charge on any atom is -0.423 e. The van der Waals surface area contributed by atoms with Crippen LogP contribution in [0.3, 0.4) is 0 Å². The number of carbonyl (C=O) groups excluding carboxylic acids is 1. The zero-order valence-corrected chi connectivity index (χ0v) is 16.3. The van der Waals surface area contributed by atoms with E-state index in [1.54, 1.807) is 18.2 Å². The van der Waals surface area contributed by atoms with Crippen LogP contribution in [0.2, 0.25) is 0 Å². The summed E-state index contributed by atoms with van der Waals surface area (Å²) in [5.74, 6) is -0.224. The number of benzene rings is 2. The number of para-hydroxylation sites is 3. The van der Waals surface area contributed by atoms with Crippen molar-refractivity contribution in [3.05, 3.63) is 65.2 Å². The molecule has 2 aromatic heterocycles. The molecule has 0 unspecified atom stereocenters. The summed E-state index contributed by atoms with van der Waals surface area (Å²) in [6.45, 7) is 1.24. The predicted octanol–water partition coefficient (Wildman–Crippen LogP) is 2.32. The second kappa shape index (κ2) is 7.62. The maximum atomic E-state index is 12.6. The highest BCUT2D eigenvalue weighted by Crippen LogP contribution is 2.27. The van der Waals surface area contributed by atoms with Gasteiger partial charge in [-0.3, -0.25) is 14.2 Å².